The number of hydrogen-bond donors (Lipinski definition) is 0. The van der Waals surface area contributed by atoms with Crippen LogP contribution < -0.4 is 14.4 Å². The SMILES string of the molecule is Cc1cccc(N2CCN(C(=O)CC(C)c3ccc4c(c3)OCCO4)CC2)c1. The minimum absolute atomic E-state index is 0.151. The summed E-state index contributed by atoms with van der Waals surface area (Å²) in [6.07, 6.45) is 0.518. The van der Waals surface area contributed by atoms with Gasteiger partial charge in [0.1, 0.15) is 13.2 Å². The van der Waals surface area contributed by atoms with Crippen molar-refractivity contribution in [2.75, 3.05) is 44.3 Å². The van der Waals surface area contributed by atoms with E-state index in [2.05, 4.69) is 43.0 Å². The lowest BCUT2D eigenvalue weighted by molar-refractivity contribution is -0.131. The average Bonchev–Trinajstić information content (AvgIpc) is 2.73. The molecular weight excluding hydrogens is 352 g/mol. The van der Waals surface area contributed by atoms with Gasteiger partial charge in [-0.15, -0.1) is 0 Å². The molecule has 5 nitrogen and oxygen atoms in total. The predicted molar refractivity (Wildman–Crippen MR) is 110 cm³/mol. The molecule has 0 N–H and O–H groups in total. The Morgan fingerprint density at radius 3 is 2.50 bits per heavy atom. The lowest BCUT2D eigenvalue weighted by atomic mass is 9.96. The van der Waals surface area contributed by atoms with Crippen LogP contribution in [0.3, 0.4) is 0 Å². The zero-order valence-electron chi connectivity index (χ0n) is 16.7. The Labute approximate surface area is 166 Å². The number of nitrogens with zero attached hydrogens (tertiary/aromatic N) is 2. The van der Waals surface area contributed by atoms with Crippen LogP contribution in [0.15, 0.2) is 42.5 Å². The normalized spacial score (nSPS) is 17.4. The van der Waals surface area contributed by atoms with E-state index in [0.717, 1.165) is 43.2 Å². The molecule has 28 heavy (non-hydrogen) atoms. The number of carbonyl (C=O) groups excluding carboxylic acids is 1. The van der Waals surface area contributed by atoms with E-state index in [0.29, 0.717) is 19.6 Å². The molecule has 1 fully saturated rings. The summed E-state index contributed by atoms with van der Waals surface area (Å²) in [5.74, 6) is 1.96. The number of benzene rings is 2. The van der Waals surface area contributed by atoms with Gasteiger partial charge < -0.3 is 19.3 Å². The van der Waals surface area contributed by atoms with Gasteiger partial charge in [0.2, 0.25) is 5.91 Å². The minimum Gasteiger partial charge on any atom is -0.486 e. The predicted octanol–water partition coefficient (Wildman–Crippen LogP) is 3.61. The second-order valence-electron chi connectivity index (χ2n) is 7.72. The molecule has 2 aromatic rings. The highest BCUT2D eigenvalue weighted by molar-refractivity contribution is 5.77. The van der Waals surface area contributed by atoms with Crippen molar-refractivity contribution in [2.24, 2.45) is 0 Å². The van der Waals surface area contributed by atoms with Gasteiger partial charge in [-0.3, -0.25) is 4.79 Å². The van der Waals surface area contributed by atoms with Crippen molar-refractivity contribution in [3.63, 3.8) is 0 Å². The molecule has 0 saturated carbocycles. The van der Waals surface area contributed by atoms with Gasteiger partial charge in [0.05, 0.1) is 0 Å². The van der Waals surface area contributed by atoms with E-state index >= 15 is 0 Å². The first-order valence-corrected chi connectivity index (χ1v) is 10.1. The van der Waals surface area contributed by atoms with Crippen LogP contribution >= 0.6 is 0 Å². The molecule has 1 atom stereocenters. The van der Waals surface area contributed by atoms with Crippen LogP contribution in [-0.4, -0.2) is 50.2 Å². The van der Waals surface area contributed by atoms with E-state index in [1.54, 1.807) is 0 Å². The van der Waals surface area contributed by atoms with Crippen LogP contribution in [0.4, 0.5) is 5.69 Å². The van der Waals surface area contributed by atoms with Crippen LogP contribution in [0.2, 0.25) is 0 Å². The summed E-state index contributed by atoms with van der Waals surface area (Å²) < 4.78 is 11.3. The van der Waals surface area contributed by atoms with Crippen molar-refractivity contribution in [1.82, 2.24) is 4.90 Å². The highest BCUT2D eigenvalue weighted by atomic mass is 16.6. The highest BCUT2D eigenvalue weighted by Gasteiger charge is 2.24. The molecule has 2 aromatic carbocycles. The van der Waals surface area contributed by atoms with Gasteiger partial charge in [0.15, 0.2) is 11.5 Å². The Kier molecular flexibility index (Phi) is 5.42. The second-order valence-corrected chi connectivity index (χ2v) is 7.72. The molecule has 1 saturated heterocycles. The van der Waals surface area contributed by atoms with Gasteiger partial charge in [0, 0.05) is 38.3 Å². The van der Waals surface area contributed by atoms with Crippen LogP contribution in [0.5, 0.6) is 11.5 Å². The molecule has 4 rings (SSSR count). The van der Waals surface area contributed by atoms with E-state index < -0.39 is 0 Å². The number of hydrogen-bond acceptors (Lipinski definition) is 4. The van der Waals surface area contributed by atoms with Crippen molar-refractivity contribution >= 4 is 11.6 Å². The van der Waals surface area contributed by atoms with Crippen LogP contribution in [-0.2, 0) is 4.79 Å². The van der Waals surface area contributed by atoms with Gasteiger partial charge in [-0.25, -0.2) is 0 Å². The quantitative estimate of drug-likeness (QED) is 0.813. The fourth-order valence-corrected chi connectivity index (χ4v) is 3.91. The third-order valence-electron chi connectivity index (χ3n) is 5.62. The number of anilines is 1. The lowest BCUT2D eigenvalue weighted by Crippen LogP contribution is -2.49. The zero-order valence-corrected chi connectivity index (χ0v) is 16.7. The van der Waals surface area contributed by atoms with Crippen LogP contribution in [0.1, 0.15) is 30.4 Å². The summed E-state index contributed by atoms with van der Waals surface area (Å²) >= 11 is 0. The molecule has 1 amide bonds. The Bertz CT molecular complexity index is 843. The number of carbonyl (C=O) groups is 1. The number of fused-ring (bicyclic) bond motifs is 1. The summed E-state index contributed by atoms with van der Waals surface area (Å²) in [5.41, 5.74) is 3.64. The smallest absolute Gasteiger partial charge is 0.223 e. The van der Waals surface area contributed by atoms with E-state index in [1.807, 2.05) is 23.1 Å². The van der Waals surface area contributed by atoms with Crippen LogP contribution in [0.25, 0.3) is 0 Å². The van der Waals surface area contributed by atoms with Gasteiger partial charge in [-0.1, -0.05) is 25.1 Å². The lowest BCUT2D eigenvalue weighted by Gasteiger charge is -2.36. The first-order chi connectivity index (χ1) is 13.6. The standard InChI is InChI=1S/C23H28N2O3/c1-17-4-3-5-20(14-17)24-8-10-25(11-9-24)23(26)15-18(2)19-6-7-21-22(16-19)28-13-12-27-21/h3-7,14,16,18H,8-13,15H2,1-2H3. The highest BCUT2D eigenvalue weighted by Crippen LogP contribution is 2.34. The number of amides is 1. The second kappa shape index (κ2) is 8.13. The van der Waals surface area contributed by atoms with Crippen molar-refractivity contribution < 1.29 is 14.3 Å². The van der Waals surface area contributed by atoms with Gasteiger partial charge in [0.25, 0.3) is 0 Å². The summed E-state index contributed by atoms with van der Waals surface area (Å²) in [6.45, 7) is 8.71. The first-order valence-electron chi connectivity index (χ1n) is 10.1. The Morgan fingerprint density at radius 1 is 1.00 bits per heavy atom. The fourth-order valence-electron chi connectivity index (χ4n) is 3.91. The van der Waals surface area contributed by atoms with Crippen molar-refractivity contribution in [1.29, 1.82) is 0 Å². The molecule has 2 aliphatic rings. The van der Waals surface area contributed by atoms with E-state index in [-0.39, 0.29) is 11.8 Å². The van der Waals surface area contributed by atoms with Gasteiger partial charge in [-0.2, -0.15) is 0 Å². The maximum absolute atomic E-state index is 12.8. The van der Waals surface area contributed by atoms with E-state index in [9.17, 15) is 4.79 Å². The largest absolute Gasteiger partial charge is 0.486 e. The molecule has 5 heteroatoms. The van der Waals surface area contributed by atoms with E-state index in [4.69, 9.17) is 9.47 Å². The molecule has 0 spiro atoms. The molecule has 148 valence electrons. The third kappa shape index (κ3) is 4.08. The van der Waals surface area contributed by atoms with Gasteiger partial charge in [-0.05, 0) is 48.2 Å². The molecule has 1 unspecified atom stereocenters. The molecule has 0 radical (unpaired) electrons. The molecule has 0 aliphatic carbocycles. The van der Waals surface area contributed by atoms with E-state index in [1.165, 1.54) is 11.3 Å². The molecule has 2 heterocycles. The monoisotopic (exact) mass is 380 g/mol. The zero-order chi connectivity index (χ0) is 19.5. The van der Waals surface area contributed by atoms with Crippen LogP contribution in [0, 0.1) is 6.92 Å². The summed E-state index contributed by atoms with van der Waals surface area (Å²) in [6, 6.07) is 14.6. The molecular formula is C23H28N2O3. The summed E-state index contributed by atoms with van der Waals surface area (Å²) in [4.78, 5) is 17.2. The summed E-state index contributed by atoms with van der Waals surface area (Å²) in [7, 11) is 0. The van der Waals surface area contributed by atoms with Crippen molar-refractivity contribution in [3.05, 3.63) is 53.6 Å². The topological polar surface area (TPSA) is 42.0 Å². The Balaban J connectivity index is 1.33. The Morgan fingerprint density at radius 2 is 1.75 bits per heavy atom. The maximum atomic E-state index is 12.8. The number of piperazine rings is 1. The number of rotatable bonds is 4. The van der Waals surface area contributed by atoms with Gasteiger partial charge >= 0.3 is 0 Å². The Hall–Kier alpha value is -2.69. The number of ether oxygens (including phenoxy) is 2. The fraction of sp³-hybridized carbons (Fsp3) is 0.435. The minimum atomic E-state index is 0.151. The van der Waals surface area contributed by atoms with Crippen molar-refractivity contribution in [2.45, 2.75) is 26.2 Å². The third-order valence-corrected chi connectivity index (χ3v) is 5.62. The molecule has 2 aliphatic heterocycles. The van der Waals surface area contributed by atoms with Crippen molar-refractivity contribution in [3.8, 4) is 11.5 Å². The molecule has 0 aromatic heterocycles. The first kappa shape index (κ1) is 18.7. The number of aryl methyl sites for hydroxylation is 1. The summed E-state index contributed by atoms with van der Waals surface area (Å²) in [5, 5.41) is 0. The maximum Gasteiger partial charge on any atom is 0.223 e. The molecule has 0 bridgehead atoms. The average molecular weight is 380 g/mol.